The summed E-state index contributed by atoms with van der Waals surface area (Å²) < 4.78 is 5.03. The van der Waals surface area contributed by atoms with Crippen LogP contribution in [0.2, 0.25) is 0 Å². The van der Waals surface area contributed by atoms with E-state index in [0.29, 0.717) is 12.2 Å². The van der Waals surface area contributed by atoms with Crippen LogP contribution in [0.15, 0.2) is 78.9 Å². The third kappa shape index (κ3) is 5.25. The number of hydrogen-bond acceptors (Lipinski definition) is 2. The van der Waals surface area contributed by atoms with Crippen molar-refractivity contribution < 1.29 is 9.53 Å². The first-order valence-electron chi connectivity index (χ1n) is 11.2. The summed E-state index contributed by atoms with van der Waals surface area (Å²) in [6.07, 6.45) is 3.19. The fourth-order valence-electron chi connectivity index (χ4n) is 3.84. The molecule has 2 heteroatoms. The topological polar surface area (TPSA) is 26.3 Å². The van der Waals surface area contributed by atoms with E-state index < -0.39 is 0 Å². The largest absolute Gasteiger partial charge is 0.462 e. The van der Waals surface area contributed by atoms with Gasteiger partial charge in [0.15, 0.2) is 0 Å². The Bertz CT molecular complexity index is 1320. The van der Waals surface area contributed by atoms with E-state index in [0.717, 1.165) is 34.2 Å². The Morgan fingerprint density at radius 1 is 0.848 bits per heavy atom. The van der Waals surface area contributed by atoms with Gasteiger partial charge in [0.2, 0.25) is 0 Å². The second-order valence-corrected chi connectivity index (χ2v) is 8.63. The van der Waals surface area contributed by atoms with Crippen LogP contribution in [0.3, 0.4) is 0 Å². The zero-order valence-corrected chi connectivity index (χ0v) is 19.2. The van der Waals surface area contributed by atoms with Gasteiger partial charge >= 0.3 is 5.97 Å². The Hall–Kier alpha value is -4.01. The molecule has 0 amide bonds. The minimum absolute atomic E-state index is 0.0577. The molecule has 3 aromatic rings. The fraction of sp³-hybridized carbons (Fsp3) is 0.194. The van der Waals surface area contributed by atoms with Gasteiger partial charge in [-0.05, 0) is 78.4 Å². The molecule has 0 saturated heterocycles. The van der Waals surface area contributed by atoms with Crippen molar-refractivity contribution in [3.8, 4) is 23.7 Å². The molecule has 0 aromatic heterocycles. The molecule has 0 aliphatic heterocycles. The number of esters is 1. The van der Waals surface area contributed by atoms with Crippen LogP contribution in [0.25, 0.3) is 5.57 Å². The molecule has 33 heavy (non-hydrogen) atoms. The Kier molecular flexibility index (Phi) is 6.48. The molecule has 1 aliphatic carbocycles. The minimum Gasteiger partial charge on any atom is -0.462 e. The molecule has 0 saturated carbocycles. The van der Waals surface area contributed by atoms with E-state index >= 15 is 0 Å². The van der Waals surface area contributed by atoms with Crippen LogP contribution in [-0.4, -0.2) is 12.6 Å². The molecule has 0 spiro atoms. The first-order chi connectivity index (χ1) is 16.0. The molecule has 0 atom stereocenters. The Morgan fingerprint density at radius 3 is 2.21 bits per heavy atom. The number of rotatable bonds is 2. The molecule has 0 N–H and O–H groups in total. The number of hydrogen-bond donors (Lipinski definition) is 0. The zero-order chi connectivity index (χ0) is 23.3. The van der Waals surface area contributed by atoms with E-state index in [1.54, 1.807) is 19.1 Å². The lowest BCUT2D eigenvalue weighted by Gasteiger charge is -2.31. The summed E-state index contributed by atoms with van der Waals surface area (Å²) in [5.74, 6) is 12.8. The van der Waals surface area contributed by atoms with Gasteiger partial charge in [0.25, 0.3) is 0 Å². The van der Waals surface area contributed by atoms with Gasteiger partial charge in [-0.3, -0.25) is 0 Å². The number of fused-ring (bicyclic) bond motifs is 1. The van der Waals surface area contributed by atoms with Crippen molar-refractivity contribution in [2.75, 3.05) is 6.61 Å². The predicted octanol–water partition coefficient (Wildman–Crippen LogP) is 6.38. The summed E-state index contributed by atoms with van der Waals surface area (Å²) in [5.41, 5.74) is 6.88. The fourth-order valence-corrected chi connectivity index (χ4v) is 3.84. The highest BCUT2D eigenvalue weighted by Gasteiger charge is 2.27. The monoisotopic (exact) mass is 430 g/mol. The second-order valence-electron chi connectivity index (χ2n) is 8.63. The third-order valence-electron chi connectivity index (χ3n) is 5.72. The lowest BCUT2D eigenvalue weighted by Crippen LogP contribution is -2.21. The number of ether oxygens (including phenoxy) is 1. The summed E-state index contributed by atoms with van der Waals surface area (Å²) in [5, 5.41) is 0. The van der Waals surface area contributed by atoms with Gasteiger partial charge in [0.1, 0.15) is 0 Å². The molecule has 2 nitrogen and oxygen atoms in total. The molecule has 0 fully saturated rings. The number of carbonyl (C=O) groups is 1. The molecule has 162 valence electrons. The highest BCUT2D eigenvalue weighted by atomic mass is 16.5. The average Bonchev–Trinajstić information content (AvgIpc) is 2.83. The maximum atomic E-state index is 11.8. The zero-order valence-electron chi connectivity index (χ0n) is 19.2. The molecule has 0 unspecified atom stereocenters. The van der Waals surface area contributed by atoms with Gasteiger partial charge < -0.3 is 4.74 Å². The number of benzene rings is 3. The summed E-state index contributed by atoms with van der Waals surface area (Å²) >= 11 is 0. The molecule has 3 aromatic carbocycles. The van der Waals surface area contributed by atoms with Crippen molar-refractivity contribution in [2.45, 2.75) is 32.6 Å². The molecular weight excluding hydrogens is 404 g/mol. The van der Waals surface area contributed by atoms with Crippen molar-refractivity contribution in [1.82, 2.24) is 0 Å². The lowest BCUT2D eigenvalue weighted by atomic mass is 9.73. The van der Waals surface area contributed by atoms with Crippen molar-refractivity contribution in [2.24, 2.45) is 0 Å². The van der Waals surface area contributed by atoms with Gasteiger partial charge in [0.05, 0.1) is 12.2 Å². The highest BCUT2D eigenvalue weighted by molar-refractivity contribution is 5.89. The molecular formula is C31H26O2. The second kappa shape index (κ2) is 9.64. The van der Waals surface area contributed by atoms with E-state index in [2.05, 4.69) is 61.8 Å². The number of carbonyl (C=O) groups excluding carboxylic acids is 1. The summed E-state index contributed by atoms with van der Waals surface area (Å²) in [4.78, 5) is 11.8. The summed E-state index contributed by atoms with van der Waals surface area (Å²) in [6, 6.07) is 23.6. The standard InChI is InChI=1S/C31H26O2/c1-4-33-30(32)27-17-13-24(14-18-27)10-11-25-15-19-29-28(22-25)26(20-21-31(29,2)3)16-12-23-8-6-5-7-9-23/h5-9,13-15,17-20,22H,4,21H2,1-3H3. The molecule has 1 aliphatic rings. The van der Waals surface area contributed by atoms with Crippen LogP contribution in [0.1, 0.15) is 65.4 Å². The smallest absolute Gasteiger partial charge is 0.338 e. The Balaban J connectivity index is 1.63. The maximum absolute atomic E-state index is 11.8. The van der Waals surface area contributed by atoms with Gasteiger partial charge in [-0.1, -0.05) is 67.9 Å². The first kappa shape index (κ1) is 22.2. The third-order valence-corrected chi connectivity index (χ3v) is 5.72. The molecule has 0 radical (unpaired) electrons. The first-order valence-corrected chi connectivity index (χ1v) is 11.2. The van der Waals surface area contributed by atoms with Gasteiger partial charge in [-0.2, -0.15) is 0 Å². The van der Waals surface area contributed by atoms with Crippen molar-refractivity contribution in [3.63, 3.8) is 0 Å². The SMILES string of the molecule is CCOC(=O)c1ccc(C#Cc2ccc3c(c2)C(C#Cc2ccccc2)=CCC3(C)C)cc1. The van der Waals surface area contributed by atoms with Crippen LogP contribution in [0, 0.1) is 23.7 Å². The highest BCUT2D eigenvalue weighted by Crippen LogP contribution is 2.39. The van der Waals surface area contributed by atoms with Crippen molar-refractivity contribution in [3.05, 3.63) is 112 Å². The van der Waals surface area contributed by atoms with Crippen LogP contribution in [-0.2, 0) is 10.2 Å². The van der Waals surface area contributed by atoms with Crippen molar-refractivity contribution >= 4 is 11.5 Å². The number of allylic oxidation sites excluding steroid dienone is 2. The lowest BCUT2D eigenvalue weighted by molar-refractivity contribution is 0.0526. The molecule has 4 rings (SSSR count). The maximum Gasteiger partial charge on any atom is 0.338 e. The summed E-state index contributed by atoms with van der Waals surface area (Å²) in [6.45, 7) is 6.69. The van der Waals surface area contributed by atoms with Crippen molar-refractivity contribution in [1.29, 1.82) is 0 Å². The van der Waals surface area contributed by atoms with E-state index in [4.69, 9.17) is 4.74 Å². The summed E-state index contributed by atoms with van der Waals surface area (Å²) in [7, 11) is 0. The van der Waals surface area contributed by atoms with Gasteiger partial charge in [-0.25, -0.2) is 4.79 Å². The van der Waals surface area contributed by atoms with Gasteiger partial charge in [0, 0.05) is 22.3 Å². The predicted molar refractivity (Wildman–Crippen MR) is 134 cm³/mol. The van der Waals surface area contributed by atoms with Crippen LogP contribution >= 0.6 is 0 Å². The van der Waals surface area contributed by atoms with Crippen LogP contribution < -0.4 is 0 Å². The van der Waals surface area contributed by atoms with Crippen LogP contribution in [0.4, 0.5) is 0 Å². The average molecular weight is 431 g/mol. The Morgan fingerprint density at radius 2 is 1.48 bits per heavy atom. The van der Waals surface area contributed by atoms with E-state index in [-0.39, 0.29) is 11.4 Å². The molecule has 0 heterocycles. The minimum atomic E-state index is -0.315. The Labute approximate surface area is 196 Å². The molecule has 0 bridgehead atoms. The van der Waals surface area contributed by atoms with E-state index in [1.165, 1.54) is 5.56 Å². The van der Waals surface area contributed by atoms with Crippen LogP contribution in [0.5, 0.6) is 0 Å². The van der Waals surface area contributed by atoms with E-state index in [9.17, 15) is 4.79 Å². The van der Waals surface area contributed by atoms with E-state index in [1.807, 2.05) is 42.5 Å². The normalized spacial score (nSPS) is 13.4. The quantitative estimate of drug-likeness (QED) is 0.348. The van der Waals surface area contributed by atoms with Gasteiger partial charge in [-0.15, -0.1) is 0 Å².